The number of ether oxygens (including phenoxy) is 1. The third kappa shape index (κ3) is 3.16. The van der Waals surface area contributed by atoms with E-state index in [1.54, 1.807) is 11.0 Å². The van der Waals surface area contributed by atoms with Gasteiger partial charge in [0.1, 0.15) is 17.8 Å². The number of nitrogens with zero attached hydrogens (tertiary/aromatic N) is 3. The molecule has 2 rings (SSSR count). The van der Waals surface area contributed by atoms with E-state index in [1.807, 2.05) is 0 Å². The van der Waals surface area contributed by atoms with Gasteiger partial charge in [-0.05, 0) is 6.42 Å². The van der Waals surface area contributed by atoms with Crippen molar-refractivity contribution in [3.63, 3.8) is 0 Å². The molecule has 1 aromatic rings. The second kappa shape index (κ2) is 6.30. The average Bonchev–Trinajstić information content (AvgIpc) is 2.45. The van der Waals surface area contributed by atoms with Crippen LogP contribution in [0, 0.1) is 0 Å². The summed E-state index contributed by atoms with van der Waals surface area (Å²) in [5, 5.41) is 3.15. The van der Waals surface area contributed by atoms with E-state index in [0.29, 0.717) is 37.8 Å². The highest BCUT2D eigenvalue weighted by molar-refractivity contribution is 5.92. The van der Waals surface area contributed by atoms with Crippen molar-refractivity contribution >= 4 is 11.7 Å². The van der Waals surface area contributed by atoms with Gasteiger partial charge in [-0.1, -0.05) is 6.92 Å². The van der Waals surface area contributed by atoms with E-state index in [-0.39, 0.29) is 5.91 Å². The first kappa shape index (κ1) is 12.8. The van der Waals surface area contributed by atoms with E-state index in [4.69, 9.17) is 4.74 Å². The Bertz CT molecular complexity index is 405. The van der Waals surface area contributed by atoms with Crippen molar-refractivity contribution in [3.05, 3.63) is 18.1 Å². The average molecular weight is 250 g/mol. The van der Waals surface area contributed by atoms with E-state index in [2.05, 4.69) is 22.2 Å². The lowest BCUT2D eigenvalue weighted by atomic mass is 10.3. The van der Waals surface area contributed by atoms with E-state index in [0.717, 1.165) is 13.0 Å². The summed E-state index contributed by atoms with van der Waals surface area (Å²) in [7, 11) is 0. The standard InChI is InChI=1S/C12H18N4O2/c1-2-3-13-11-8-10(14-9-15-11)12(17)16-4-6-18-7-5-16/h8-9H,2-7H2,1H3,(H,13,14,15). The van der Waals surface area contributed by atoms with Gasteiger partial charge in [-0.15, -0.1) is 0 Å². The van der Waals surface area contributed by atoms with Gasteiger partial charge in [0.25, 0.3) is 5.91 Å². The zero-order valence-corrected chi connectivity index (χ0v) is 10.6. The largest absolute Gasteiger partial charge is 0.378 e. The Morgan fingerprint density at radius 2 is 2.22 bits per heavy atom. The maximum atomic E-state index is 12.2. The highest BCUT2D eigenvalue weighted by Gasteiger charge is 2.19. The van der Waals surface area contributed by atoms with Crippen LogP contribution in [-0.4, -0.2) is 53.6 Å². The summed E-state index contributed by atoms with van der Waals surface area (Å²) in [5.74, 6) is 0.642. The number of amides is 1. The zero-order valence-electron chi connectivity index (χ0n) is 10.6. The number of hydrogen-bond acceptors (Lipinski definition) is 5. The first-order chi connectivity index (χ1) is 8.81. The SMILES string of the molecule is CCCNc1cc(C(=O)N2CCOCC2)ncn1. The lowest BCUT2D eigenvalue weighted by Crippen LogP contribution is -2.41. The Morgan fingerprint density at radius 3 is 2.94 bits per heavy atom. The van der Waals surface area contributed by atoms with Crippen LogP contribution in [0.2, 0.25) is 0 Å². The maximum absolute atomic E-state index is 12.2. The summed E-state index contributed by atoms with van der Waals surface area (Å²) in [4.78, 5) is 22.1. The molecule has 1 amide bonds. The van der Waals surface area contributed by atoms with Crippen molar-refractivity contribution in [1.82, 2.24) is 14.9 Å². The Hall–Kier alpha value is -1.69. The van der Waals surface area contributed by atoms with Crippen molar-refractivity contribution in [2.75, 3.05) is 38.2 Å². The second-order valence-electron chi connectivity index (χ2n) is 4.12. The molecule has 0 atom stereocenters. The van der Waals surface area contributed by atoms with Gasteiger partial charge in [0, 0.05) is 25.7 Å². The van der Waals surface area contributed by atoms with E-state index in [1.165, 1.54) is 6.33 Å². The minimum atomic E-state index is -0.0553. The van der Waals surface area contributed by atoms with Crippen LogP contribution in [0.3, 0.4) is 0 Å². The fourth-order valence-electron chi connectivity index (χ4n) is 1.75. The molecule has 0 aliphatic carbocycles. The van der Waals surface area contributed by atoms with Crippen LogP contribution < -0.4 is 5.32 Å². The molecule has 6 heteroatoms. The molecular formula is C12H18N4O2. The lowest BCUT2D eigenvalue weighted by molar-refractivity contribution is 0.0299. The molecule has 1 saturated heterocycles. The smallest absolute Gasteiger partial charge is 0.272 e. The van der Waals surface area contributed by atoms with Gasteiger partial charge in [0.05, 0.1) is 13.2 Å². The van der Waals surface area contributed by atoms with Gasteiger partial charge in [-0.3, -0.25) is 4.79 Å². The highest BCUT2D eigenvalue weighted by Crippen LogP contribution is 2.08. The van der Waals surface area contributed by atoms with Crippen LogP contribution in [0.15, 0.2) is 12.4 Å². The molecule has 6 nitrogen and oxygen atoms in total. The van der Waals surface area contributed by atoms with Crippen LogP contribution in [0.5, 0.6) is 0 Å². The molecule has 1 aliphatic heterocycles. The topological polar surface area (TPSA) is 67.4 Å². The third-order valence-corrected chi connectivity index (χ3v) is 2.74. The summed E-state index contributed by atoms with van der Waals surface area (Å²) >= 11 is 0. The Balaban J connectivity index is 2.04. The predicted octanol–water partition coefficient (Wildman–Crippen LogP) is 0.771. The van der Waals surface area contributed by atoms with Gasteiger partial charge in [-0.25, -0.2) is 9.97 Å². The Morgan fingerprint density at radius 1 is 1.44 bits per heavy atom. The number of anilines is 1. The highest BCUT2D eigenvalue weighted by atomic mass is 16.5. The normalized spacial score (nSPS) is 15.5. The molecule has 98 valence electrons. The van der Waals surface area contributed by atoms with Crippen LogP contribution >= 0.6 is 0 Å². The van der Waals surface area contributed by atoms with E-state index >= 15 is 0 Å². The molecule has 1 aromatic heterocycles. The molecule has 0 radical (unpaired) electrons. The molecule has 1 fully saturated rings. The molecule has 1 aliphatic rings. The maximum Gasteiger partial charge on any atom is 0.272 e. The second-order valence-corrected chi connectivity index (χ2v) is 4.12. The van der Waals surface area contributed by atoms with Gasteiger partial charge in [-0.2, -0.15) is 0 Å². The number of rotatable bonds is 4. The predicted molar refractivity (Wildman–Crippen MR) is 67.5 cm³/mol. The molecule has 0 bridgehead atoms. The summed E-state index contributed by atoms with van der Waals surface area (Å²) in [5.41, 5.74) is 0.436. The fourth-order valence-corrected chi connectivity index (χ4v) is 1.75. The van der Waals surface area contributed by atoms with Gasteiger partial charge in [0.15, 0.2) is 0 Å². The third-order valence-electron chi connectivity index (χ3n) is 2.74. The molecular weight excluding hydrogens is 232 g/mol. The summed E-state index contributed by atoms with van der Waals surface area (Å²) in [6, 6.07) is 1.70. The molecule has 0 spiro atoms. The van der Waals surface area contributed by atoms with Crippen LogP contribution in [-0.2, 0) is 4.74 Å². The number of hydrogen-bond donors (Lipinski definition) is 1. The Labute approximate surface area is 106 Å². The van der Waals surface area contributed by atoms with Crippen LogP contribution in [0.4, 0.5) is 5.82 Å². The van der Waals surface area contributed by atoms with Gasteiger partial charge in [0.2, 0.25) is 0 Å². The molecule has 2 heterocycles. The molecule has 0 aromatic carbocycles. The van der Waals surface area contributed by atoms with Crippen LogP contribution in [0.25, 0.3) is 0 Å². The molecule has 18 heavy (non-hydrogen) atoms. The van der Waals surface area contributed by atoms with Gasteiger partial charge >= 0.3 is 0 Å². The molecule has 0 unspecified atom stereocenters. The number of carbonyl (C=O) groups excluding carboxylic acids is 1. The fraction of sp³-hybridized carbons (Fsp3) is 0.583. The molecule has 1 N–H and O–H groups in total. The van der Waals surface area contributed by atoms with Crippen molar-refractivity contribution in [2.24, 2.45) is 0 Å². The lowest BCUT2D eigenvalue weighted by Gasteiger charge is -2.26. The number of nitrogens with one attached hydrogen (secondary N) is 1. The minimum Gasteiger partial charge on any atom is -0.378 e. The van der Waals surface area contributed by atoms with Crippen molar-refractivity contribution < 1.29 is 9.53 Å². The summed E-state index contributed by atoms with van der Waals surface area (Å²) in [6.45, 7) is 5.35. The zero-order chi connectivity index (χ0) is 12.8. The first-order valence-corrected chi connectivity index (χ1v) is 6.24. The quantitative estimate of drug-likeness (QED) is 0.855. The first-order valence-electron chi connectivity index (χ1n) is 6.24. The van der Waals surface area contributed by atoms with Crippen molar-refractivity contribution in [1.29, 1.82) is 0 Å². The van der Waals surface area contributed by atoms with Crippen LogP contribution in [0.1, 0.15) is 23.8 Å². The number of carbonyl (C=O) groups is 1. The van der Waals surface area contributed by atoms with Crippen molar-refractivity contribution in [3.8, 4) is 0 Å². The monoisotopic (exact) mass is 250 g/mol. The summed E-state index contributed by atoms with van der Waals surface area (Å²) in [6.07, 6.45) is 2.43. The number of morpholine rings is 1. The minimum absolute atomic E-state index is 0.0553. The van der Waals surface area contributed by atoms with Gasteiger partial charge < -0.3 is 15.0 Å². The summed E-state index contributed by atoms with van der Waals surface area (Å²) < 4.78 is 5.22. The van der Waals surface area contributed by atoms with E-state index < -0.39 is 0 Å². The Kier molecular flexibility index (Phi) is 4.46. The molecule has 0 saturated carbocycles. The van der Waals surface area contributed by atoms with Crippen molar-refractivity contribution in [2.45, 2.75) is 13.3 Å². The number of aromatic nitrogens is 2. The van der Waals surface area contributed by atoms with E-state index in [9.17, 15) is 4.79 Å².